The zero-order chi connectivity index (χ0) is 13.5. The molecule has 0 saturated carbocycles. The molecule has 1 aromatic carbocycles. The van der Waals surface area contributed by atoms with E-state index in [0.717, 1.165) is 18.9 Å². The van der Waals surface area contributed by atoms with E-state index in [1.54, 1.807) is 0 Å². The summed E-state index contributed by atoms with van der Waals surface area (Å²) in [5, 5.41) is 2.68. The van der Waals surface area contributed by atoms with Crippen molar-refractivity contribution in [1.82, 2.24) is 0 Å². The molecule has 0 aromatic heterocycles. The molecule has 0 aliphatic rings. The normalized spacial score (nSPS) is 12.0. The number of anilines is 1. The van der Waals surface area contributed by atoms with E-state index < -0.39 is 23.6 Å². The first-order chi connectivity index (χ1) is 8.60. The summed E-state index contributed by atoms with van der Waals surface area (Å²) in [7, 11) is 1.27. The van der Waals surface area contributed by atoms with Crippen molar-refractivity contribution in [2.24, 2.45) is 0 Å². The number of carbonyl (C=O) groups excluding carboxylic acids is 1. The molecule has 18 heavy (non-hydrogen) atoms. The van der Waals surface area contributed by atoms with Gasteiger partial charge in [-0.3, -0.25) is 0 Å². The van der Waals surface area contributed by atoms with Crippen molar-refractivity contribution in [3.63, 3.8) is 0 Å². The van der Waals surface area contributed by atoms with Crippen LogP contribution in [0.25, 0.3) is 0 Å². The number of methoxy groups -OCH3 is 1. The molecule has 0 bridgehead atoms. The van der Waals surface area contributed by atoms with Gasteiger partial charge >= 0.3 is 5.97 Å². The average Bonchev–Trinajstić information content (AvgIpc) is 2.38. The first-order valence-corrected chi connectivity index (χ1v) is 5.88. The van der Waals surface area contributed by atoms with Gasteiger partial charge in [-0.2, -0.15) is 0 Å². The van der Waals surface area contributed by atoms with Crippen LogP contribution in [0.15, 0.2) is 18.2 Å². The van der Waals surface area contributed by atoms with Crippen molar-refractivity contribution in [3.05, 3.63) is 29.8 Å². The number of carbonyl (C=O) groups is 1. The second-order valence-electron chi connectivity index (χ2n) is 3.96. The van der Waals surface area contributed by atoms with Crippen LogP contribution in [0.5, 0.6) is 0 Å². The maximum Gasteiger partial charge on any atom is 0.328 e. The van der Waals surface area contributed by atoms with Gasteiger partial charge in [0.05, 0.1) is 12.8 Å². The fourth-order valence-electron chi connectivity index (χ4n) is 1.60. The maximum absolute atomic E-state index is 13.5. The number of benzene rings is 1. The van der Waals surface area contributed by atoms with Gasteiger partial charge in [0.1, 0.15) is 6.04 Å². The highest BCUT2D eigenvalue weighted by Gasteiger charge is 2.20. The molecule has 1 rings (SSSR count). The lowest BCUT2D eigenvalue weighted by Crippen LogP contribution is -2.31. The molecule has 0 saturated heterocycles. The van der Waals surface area contributed by atoms with Gasteiger partial charge in [-0.25, -0.2) is 13.6 Å². The van der Waals surface area contributed by atoms with Crippen LogP contribution in [0.4, 0.5) is 14.5 Å². The minimum absolute atomic E-state index is 0.0264. The SMILES string of the molecule is CCCCC(Nc1cccc(F)c1F)C(=O)OC. The predicted octanol–water partition coefficient (Wildman–Crippen LogP) is 3.11. The second-order valence-corrected chi connectivity index (χ2v) is 3.96. The highest BCUT2D eigenvalue weighted by atomic mass is 19.2. The van der Waals surface area contributed by atoms with E-state index in [1.807, 2.05) is 6.92 Å². The van der Waals surface area contributed by atoms with Crippen LogP contribution in [0.2, 0.25) is 0 Å². The van der Waals surface area contributed by atoms with Crippen molar-refractivity contribution >= 4 is 11.7 Å². The minimum atomic E-state index is -0.983. The van der Waals surface area contributed by atoms with E-state index in [1.165, 1.54) is 19.2 Å². The van der Waals surface area contributed by atoms with E-state index in [4.69, 9.17) is 0 Å². The molecule has 0 amide bonds. The molecule has 0 radical (unpaired) electrons. The van der Waals surface area contributed by atoms with Crippen molar-refractivity contribution in [2.75, 3.05) is 12.4 Å². The average molecular weight is 257 g/mol. The van der Waals surface area contributed by atoms with Crippen LogP contribution in [0, 0.1) is 11.6 Å². The molecule has 1 unspecified atom stereocenters. The van der Waals surface area contributed by atoms with E-state index >= 15 is 0 Å². The molecule has 0 spiro atoms. The Kier molecular flexibility index (Phi) is 5.55. The van der Waals surface area contributed by atoms with Crippen LogP contribution >= 0.6 is 0 Å². The molecule has 1 N–H and O–H groups in total. The lowest BCUT2D eigenvalue weighted by atomic mass is 10.1. The highest BCUT2D eigenvalue weighted by molar-refractivity contribution is 5.79. The fourth-order valence-corrected chi connectivity index (χ4v) is 1.60. The molecule has 1 atom stereocenters. The molecular weight excluding hydrogens is 240 g/mol. The van der Waals surface area contributed by atoms with Gasteiger partial charge in [0.2, 0.25) is 0 Å². The van der Waals surface area contributed by atoms with Crippen LogP contribution < -0.4 is 5.32 Å². The summed E-state index contributed by atoms with van der Waals surface area (Å²) in [5.74, 6) is -2.41. The van der Waals surface area contributed by atoms with Gasteiger partial charge in [-0.05, 0) is 18.6 Å². The van der Waals surface area contributed by atoms with Crippen LogP contribution in [-0.2, 0) is 9.53 Å². The van der Waals surface area contributed by atoms with E-state index in [9.17, 15) is 13.6 Å². The molecular formula is C13H17F2NO2. The van der Waals surface area contributed by atoms with Gasteiger partial charge in [0, 0.05) is 0 Å². The quantitative estimate of drug-likeness (QED) is 0.796. The first kappa shape index (κ1) is 14.4. The molecule has 0 aliphatic carbocycles. The monoisotopic (exact) mass is 257 g/mol. The van der Waals surface area contributed by atoms with Crippen LogP contribution in [0.1, 0.15) is 26.2 Å². The Balaban J connectivity index is 2.81. The first-order valence-electron chi connectivity index (χ1n) is 5.88. The number of nitrogens with one attached hydrogen (secondary N) is 1. The van der Waals surface area contributed by atoms with Crippen LogP contribution in [0.3, 0.4) is 0 Å². The Morgan fingerprint density at radius 1 is 1.44 bits per heavy atom. The number of halogens is 2. The molecule has 0 fully saturated rings. The Morgan fingerprint density at radius 2 is 2.17 bits per heavy atom. The lowest BCUT2D eigenvalue weighted by molar-refractivity contribution is -0.141. The van der Waals surface area contributed by atoms with Crippen molar-refractivity contribution in [3.8, 4) is 0 Å². The number of esters is 1. The highest BCUT2D eigenvalue weighted by Crippen LogP contribution is 2.19. The summed E-state index contributed by atoms with van der Waals surface area (Å²) in [5.41, 5.74) is -0.0264. The standard InChI is InChI=1S/C13H17F2NO2/c1-3-4-7-11(13(17)18-2)16-10-8-5-6-9(14)12(10)15/h5-6,8,11,16H,3-4,7H2,1-2H3. The molecule has 0 aliphatic heterocycles. The largest absolute Gasteiger partial charge is 0.467 e. The smallest absolute Gasteiger partial charge is 0.328 e. The van der Waals surface area contributed by atoms with E-state index in [2.05, 4.69) is 10.1 Å². The Labute approximate surface area is 105 Å². The van der Waals surface area contributed by atoms with E-state index in [0.29, 0.717) is 6.42 Å². The third kappa shape index (κ3) is 3.68. The Bertz CT molecular complexity index is 410. The summed E-state index contributed by atoms with van der Waals surface area (Å²) < 4.78 is 31.1. The van der Waals surface area contributed by atoms with Gasteiger partial charge in [-0.15, -0.1) is 0 Å². The number of ether oxygens (including phenoxy) is 1. The van der Waals surface area contributed by atoms with Gasteiger partial charge in [0.15, 0.2) is 11.6 Å². The second kappa shape index (κ2) is 6.93. The number of unbranched alkanes of at least 4 members (excludes halogenated alkanes) is 1. The van der Waals surface area contributed by atoms with Crippen molar-refractivity contribution in [1.29, 1.82) is 0 Å². The van der Waals surface area contributed by atoms with E-state index in [-0.39, 0.29) is 5.69 Å². The third-order valence-corrected chi connectivity index (χ3v) is 2.61. The molecule has 0 heterocycles. The summed E-state index contributed by atoms with van der Waals surface area (Å²) in [4.78, 5) is 11.5. The zero-order valence-corrected chi connectivity index (χ0v) is 10.5. The van der Waals surface area contributed by atoms with Crippen molar-refractivity contribution in [2.45, 2.75) is 32.2 Å². The summed E-state index contributed by atoms with van der Waals surface area (Å²) in [6.07, 6.45) is 2.21. The summed E-state index contributed by atoms with van der Waals surface area (Å²) in [6, 6.07) is 3.14. The zero-order valence-electron chi connectivity index (χ0n) is 10.5. The Hall–Kier alpha value is -1.65. The molecule has 3 nitrogen and oxygen atoms in total. The fraction of sp³-hybridized carbons (Fsp3) is 0.462. The minimum Gasteiger partial charge on any atom is -0.467 e. The number of hydrogen-bond acceptors (Lipinski definition) is 3. The third-order valence-electron chi connectivity index (χ3n) is 2.61. The molecule has 1 aromatic rings. The van der Waals surface area contributed by atoms with Crippen molar-refractivity contribution < 1.29 is 18.3 Å². The predicted molar refractivity (Wildman–Crippen MR) is 65.3 cm³/mol. The van der Waals surface area contributed by atoms with Crippen LogP contribution in [-0.4, -0.2) is 19.1 Å². The van der Waals surface area contributed by atoms with Gasteiger partial charge in [-0.1, -0.05) is 25.8 Å². The number of rotatable bonds is 6. The summed E-state index contributed by atoms with van der Waals surface area (Å²) >= 11 is 0. The molecule has 5 heteroatoms. The maximum atomic E-state index is 13.5. The lowest BCUT2D eigenvalue weighted by Gasteiger charge is -2.17. The topological polar surface area (TPSA) is 38.3 Å². The van der Waals surface area contributed by atoms with Gasteiger partial charge < -0.3 is 10.1 Å². The van der Waals surface area contributed by atoms with Gasteiger partial charge in [0.25, 0.3) is 0 Å². The summed E-state index contributed by atoms with van der Waals surface area (Å²) in [6.45, 7) is 1.98. The number of hydrogen-bond donors (Lipinski definition) is 1. The Morgan fingerprint density at radius 3 is 2.78 bits per heavy atom. The molecule has 100 valence electrons.